The van der Waals surface area contributed by atoms with E-state index in [1.807, 2.05) is 0 Å². The van der Waals surface area contributed by atoms with Gasteiger partial charge in [0.25, 0.3) is 0 Å². The molecule has 0 saturated carbocycles. The summed E-state index contributed by atoms with van der Waals surface area (Å²) in [6.07, 6.45) is -7.76. The van der Waals surface area contributed by atoms with Crippen LogP contribution in [0.25, 0.3) is 0 Å². The van der Waals surface area contributed by atoms with E-state index in [4.69, 9.17) is 0 Å². The van der Waals surface area contributed by atoms with E-state index in [1.165, 1.54) is 6.92 Å². The lowest BCUT2D eigenvalue weighted by Crippen LogP contribution is -2.64. The molecule has 0 rings (SSSR count). The summed E-state index contributed by atoms with van der Waals surface area (Å²) < 4.78 is 125. The molecular weight excluding hydrogens is 298 g/mol. The number of hydrogen-bond acceptors (Lipinski definition) is 0. The molecule has 0 radical (unpaired) electrons. The Bertz CT molecular complexity index is 295. The number of halogens is 10. The lowest BCUT2D eigenvalue weighted by atomic mass is 9.95. The molecule has 0 N–H and O–H groups in total. The molecule has 0 saturated heterocycles. The van der Waals surface area contributed by atoms with Gasteiger partial charge < -0.3 is 0 Å². The predicted octanol–water partition coefficient (Wildman–Crippen LogP) is 4.98. The van der Waals surface area contributed by atoms with Crippen molar-refractivity contribution in [1.29, 1.82) is 0 Å². The number of alkyl halides is 10. The molecule has 0 aliphatic heterocycles. The summed E-state index contributed by atoms with van der Waals surface area (Å²) in [5.41, 5.74) is 0. The van der Waals surface area contributed by atoms with Crippen molar-refractivity contribution in [2.24, 2.45) is 0 Å². The van der Waals surface area contributed by atoms with E-state index in [0.29, 0.717) is 0 Å². The third-order valence-electron chi connectivity index (χ3n) is 2.39. The number of unbranched alkanes of at least 4 members (excludes halogenated alkanes) is 1. The first-order valence-corrected chi connectivity index (χ1v) is 5.05. The van der Waals surface area contributed by atoms with Gasteiger partial charge in [-0.3, -0.25) is 0 Å². The zero-order valence-electron chi connectivity index (χ0n) is 9.48. The maximum atomic E-state index is 12.9. The smallest absolute Gasteiger partial charge is 0.203 e. The zero-order chi connectivity index (χ0) is 15.7. The Morgan fingerprint density at radius 3 is 1.53 bits per heavy atom. The molecule has 0 aromatic heterocycles. The van der Waals surface area contributed by atoms with Gasteiger partial charge in [0.2, 0.25) is 0 Å². The number of rotatable bonds is 7. The van der Waals surface area contributed by atoms with Crippen molar-refractivity contribution in [2.45, 2.75) is 56.3 Å². The van der Waals surface area contributed by atoms with Crippen molar-refractivity contribution in [3.05, 3.63) is 0 Å². The summed E-state index contributed by atoms with van der Waals surface area (Å²) in [4.78, 5) is 0. The molecule has 116 valence electrons. The fourth-order valence-electron chi connectivity index (χ4n) is 1.13. The van der Waals surface area contributed by atoms with Gasteiger partial charge in [0.05, 0.1) is 0 Å². The first-order valence-electron chi connectivity index (χ1n) is 5.05. The molecule has 0 spiro atoms. The highest BCUT2D eigenvalue weighted by atomic mass is 19.4. The second-order valence-corrected chi connectivity index (χ2v) is 3.88. The van der Waals surface area contributed by atoms with Gasteiger partial charge in [0.15, 0.2) is 0 Å². The van der Waals surface area contributed by atoms with E-state index in [9.17, 15) is 43.9 Å². The van der Waals surface area contributed by atoms with Crippen molar-refractivity contribution in [3.8, 4) is 0 Å². The summed E-state index contributed by atoms with van der Waals surface area (Å²) in [5.74, 6) is -25.5. The Morgan fingerprint density at radius 2 is 1.21 bits per heavy atom. The minimum atomic E-state index is -6.87. The van der Waals surface area contributed by atoms with Gasteiger partial charge in [0, 0.05) is 6.42 Å². The van der Waals surface area contributed by atoms with Crippen LogP contribution in [0.4, 0.5) is 43.9 Å². The Labute approximate surface area is 101 Å². The highest BCUT2D eigenvalue weighted by Gasteiger charge is 2.82. The van der Waals surface area contributed by atoms with E-state index in [1.54, 1.807) is 0 Å². The SMILES string of the molecule is CCCCC(F)(F)C(F)(F)C(F)(F)C(F)(F)C(F)F. The zero-order valence-corrected chi connectivity index (χ0v) is 9.48. The van der Waals surface area contributed by atoms with Gasteiger partial charge in [-0.1, -0.05) is 13.3 Å². The van der Waals surface area contributed by atoms with Gasteiger partial charge >= 0.3 is 30.1 Å². The Hall–Kier alpha value is -0.700. The topological polar surface area (TPSA) is 0 Å². The Morgan fingerprint density at radius 1 is 0.789 bits per heavy atom. The maximum Gasteiger partial charge on any atom is 0.384 e. The van der Waals surface area contributed by atoms with Crippen LogP contribution < -0.4 is 0 Å². The molecule has 0 amide bonds. The van der Waals surface area contributed by atoms with Crippen LogP contribution in [0.3, 0.4) is 0 Å². The average Bonchev–Trinajstić information content (AvgIpc) is 2.25. The summed E-state index contributed by atoms with van der Waals surface area (Å²) in [7, 11) is 0. The molecule has 19 heavy (non-hydrogen) atoms. The molecule has 0 unspecified atom stereocenters. The van der Waals surface area contributed by atoms with Gasteiger partial charge in [-0.15, -0.1) is 0 Å². The van der Waals surface area contributed by atoms with Crippen LogP contribution in [-0.2, 0) is 0 Å². The minimum Gasteiger partial charge on any atom is -0.203 e. The Balaban J connectivity index is 5.49. The summed E-state index contributed by atoms with van der Waals surface area (Å²) in [5, 5.41) is 0. The van der Waals surface area contributed by atoms with Crippen LogP contribution in [0, 0.1) is 0 Å². The van der Waals surface area contributed by atoms with E-state index in [2.05, 4.69) is 0 Å². The summed E-state index contributed by atoms with van der Waals surface area (Å²) in [6, 6.07) is 0. The largest absolute Gasteiger partial charge is 0.384 e. The van der Waals surface area contributed by atoms with Crippen molar-refractivity contribution in [2.75, 3.05) is 0 Å². The third kappa shape index (κ3) is 2.91. The van der Waals surface area contributed by atoms with Gasteiger partial charge in [-0.25, -0.2) is 8.78 Å². The van der Waals surface area contributed by atoms with Gasteiger partial charge in [-0.05, 0) is 6.42 Å². The molecule has 0 aliphatic rings. The first kappa shape index (κ1) is 18.3. The fourth-order valence-corrected chi connectivity index (χ4v) is 1.13. The predicted molar refractivity (Wildman–Crippen MR) is 45.3 cm³/mol. The van der Waals surface area contributed by atoms with Crippen LogP contribution in [0.1, 0.15) is 26.2 Å². The molecule has 0 aromatic carbocycles. The van der Waals surface area contributed by atoms with E-state index < -0.39 is 43.0 Å². The van der Waals surface area contributed by atoms with Gasteiger partial charge in [-0.2, -0.15) is 35.1 Å². The second kappa shape index (κ2) is 5.35. The molecule has 10 heteroatoms. The molecular formula is C9H10F10. The average molecular weight is 308 g/mol. The quantitative estimate of drug-likeness (QED) is 0.582. The van der Waals surface area contributed by atoms with Crippen molar-refractivity contribution in [1.82, 2.24) is 0 Å². The first-order chi connectivity index (χ1) is 8.25. The summed E-state index contributed by atoms with van der Waals surface area (Å²) in [6.45, 7) is 1.26. The molecule has 0 heterocycles. The molecule has 0 nitrogen and oxygen atoms in total. The highest BCUT2D eigenvalue weighted by Crippen LogP contribution is 2.55. The van der Waals surface area contributed by atoms with Crippen molar-refractivity contribution < 1.29 is 43.9 Å². The van der Waals surface area contributed by atoms with Gasteiger partial charge in [0.1, 0.15) is 0 Å². The van der Waals surface area contributed by atoms with Crippen LogP contribution >= 0.6 is 0 Å². The third-order valence-corrected chi connectivity index (χ3v) is 2.39. The van der Waals surface area contributed by atoms with Crippen molar-refractivity contribution >= 4 is 0 Å². The molecule has 0 fully saturated rings. The molecule has 0 atom stereocenters. The monoisotopic (exact) mass is 308 g/mol. The van der Waals surface area contributed by atoms with E-state index in [0.717, 1.165) is 0 Å². The Kier molecular flexibility index (Phi) is 5.16. The van der Waals surface area contributed by atoms with Crippen LogP contribution in [0.15, 0.2) is 0 Å². The van der Waals surface area contributed by atoms with Crippen molar-refractivity contribution in [3.63, 3.8) is 0 Å². The van der Waals surface area contributed by atoms with E-state index in [-0.39, 0.29) is 6.42 Å². The molecule has 0 aromatic rings. The number of hydrogen-bond donors (Lipinski definition) is 0. The van der Waals surface area contributed by atoms with E-state index >= 15 is 0 Å². The molecule has 0 bridgehead atoms. The normalized spacial score (nSPS) is 15.2. The van der Waals surface area contributed by atoms with Crippen LogP contribution in [0.2, 0.25) is 0 Å². The fraction of sp³-hybridized carbons (Fsp3) is 1.00. The molecule has 0 aliphatic carbocycles. The second-order valence-electron chi connectivity index (χ2n) is 3.88. The highest BCUT2D eigenvalue weighted by molar-refractivity contribution is 5.04. The summed E-state index contributed by atoms with van der Waals surface area (Å²) >= 11 is 0. The minimum absolute atomic E-state index is 0.0948. The van der Waals surface area contributed by atoms with Crippen LogP contribution in [0.5, 0.6) is 0 Å². The van der Waals surface area contributed by atoms with Crippen LogP contribution in [-0.4, -0.2) is 30.1 Å². The lowest BCUT2D eigenvalue weighted by Gasteiger charge is -2.36. The lowest BCUT2D eigenvalue weighted by molar-refractivity contribution is -0.384. The standard InChI is InChI=1S/C9H10F10/c1-2-3-4-6(12,13)8(16,17)9(18,19)7(14,15)5(10)11/h5H,2-4H2,1H3. The maximum absolute atomic E-state index is 12.9.